The standard InChI is InChI=1S/C16H21N2O2/c19-16(18-10-4-5-11-18)20-15-12-14(8-9-17-15)13-6-2-1-3-7-13/h1-3,6-7,14-15H,4-5,8-12H2. The first-order valence-corrected chi connectivity index (χ1v) is 7.50. The largest absolute Gasteiger partial charge is 0.429 e. The highest BCUT2D eigenvalue weighted by Gasteiger charge is 2.28. The molecule has 20 heavy (non-hydrogen) atoms. The summed E-state index contributed by atoms with van der Waals surface area (Å²) in [5.74, 6) is 0.449. The van der Waals surface area contributed by atoms with E-state index in [0.717, 1.165) is 45.3 Å². The first-order valence-electron chi connectivity index (χ1n) is 7.50. The molecule has 0 spiro atoms. The maximum atomic E-state index is 12.0. The monoisotopic (exact) mass is 273 g/mol. The third kappa shape index (κ3) is 3.12. The predicted molar refractivity (Wildman–Crippen MR) is 76.5 cm³/mol. The van der Waals surface area contributed by atoms with E-state index in [0.29, 0.717) is 5.92 Å². The zero-order valence-corrected chi connectivity index (χ0v) is 11.7. The van der Waals surface area contributed by atoms with Gasteiger partial charge in [0.1, 0.15) is 0 Å². The molecular formula is C16H21N2O2. The molecule has 1 radical (unpaired) electrons. The molecule has 2 aliphatic heterocycles. The van der Waals surface area contributed by atoms with Gasteiger partial charge in [-0.1, -0.05) is 30.3 Å². The lowest BCUT2D eigenvalue weighted by Gasteiger charge is -2.30. The first kappa shape index (κ1) is 13.4. The molecule has 1 amide bonds. The Hall–Kier alpha value is -1.55. The van der Waals surface area contributed by atoms with E-state index >= 15 is 0 Å². The zero-order chi connectivity index (χ0) is 13.8. The Bertz CT molecular complexity index is 443. The topological polar surface area (TPSA) is 43.6 Å². The fourth-order valence-electron chi connectivity index (χ4n) is 3.01. The van der Waals surface area contributed by atoms with Gasteiger partial charge in [-0.25, -0.2) is 10.1 Å². The molecule has 4 heteroatoms. The Kier molecular flexibility index (Phi) is 4.21. The molecule has 2 unspecified atom stereocenters. The van der Waals surface area contributed by atoms with E-state index in [1.807, 2.05) is 6.07 Å². The Morgan fingerprint density at radius 3 is 2.70 bits per heavy atom. The molecule has 1 aromatic rings. The maximum Gasteiger partial charge on any atom is 0.411 e. The van der Waals surface area contributed by atoms with E-state index in [2.05, 4.69) is 29.6 Å². The van der Waals surface area contributed by atoms with Crippen molar-refractivity contribution in [3.63, 3.8) is 0 Å². The van der Waals surface area contributed by atoms with Crippen LogP contribution in [0.5, 0.6) is 0 Å². The third-order valence-corrected chi connectivity index (χ3v) is 4.17. The van der Waals surface area contributed by atoms with Crippen molar-refractivity contribution in [2.45, 2.75) is 37.8 Å². The number of carbonyl (C=O) groups is 1. The lowest BCUT2D eigenvalue weighted by atomic mass is 9.89. The van der Waals surface area contributed by atoms with Crippen LogP contribution in [0.1, 0.15) is 37.2 Å². The lowest BCUT2D eigenvalue weighted by Crippen LogP contribution is -2.39. The van der Waals surface area contributed by atoms with Crippen molar-refractivity contribution in [1.29, 1.82) is 0 Å². The van der Waals surface area contributed by atoms with Gasteiger partial charge in [0.15, 0.2) is 6.23 Å². The van der Waals surface area contributed by atoms with E-state index in [9.17, 15) is 4.79 Å². The van der Waals surface area contributed by atoms with Crippen LogP contribution in [0.25, 0.3) is 0 Å². The number of nitrogens with zero attached hydrogens (tertiary/aromatic N) is 2. The quantitative estimate of drug-likeness (QED) is 0.831. The predicted octanol–water partition coefficient (Wildman–Crippen LogP) is 2.73. The van der Waals surface area contributed by atoms with Gasteiger partial charge in [-0.2, -0.15) is 0 Å². The minimum absolute atomic E-state index is 0.190. The number of hydrogen-bond donors (Lipinski definition) is 0. The summed E-state index contributed by atoms with van der Waals surface area (Å²) in [5.41, 5.74) is 1.32. The van der Waals surface area contributed by atoms with Crippen LogP contribution in [0.3, 0.4) is 0 Å². The molecule has 2 atom stereocenters. The van der Waals surface area contributed by atoms with Gasteiger partial charge in [0.25, 0.3) is 0 Å². The molecule has 2 saturated heterocycles. The zero-order valence-electron chi connectivity index (χ0n) is 11.7. The van der Waals surface area contributed by atoms with Gasteiger partial charge in [-0.05, 0) is 30.7 Å². The van der Waals surface area contributed by atoms with Crippen molar-refractivity contribution in [2.24, 2.45) is 0 Å². The minimum Gasteiger partial charge on any atom is -0.429 e. The Balaban J connectivity index is 1.56. The van der Waals surface area contributed by atoms with E-state index in [1.165, 1.54) is 5.56 Å². The van der Waals surface area contributed by atoms with Gasteiger partial charge in [-0.15, -0.1) is 0 Å². The van der Waals surface area contributed by atoms with Gasteiger partial charge >= 0.3 is 6.09 Å². The molecule has 0 N–H and O–H groups in total. The van der Waals surface area contributed by atoms with Crippen LogP contribution in [0.15, 0.2) is 30.3 Å². The summed E-state index contributed by atoms with van der Waals surface area (Å²) in [6.45, 7) is 2.43. The number of likely N-dealkylation sites (tertiary alicyclic amines) is 1. The smallest absolute Gasteiger partial charge is 0.411 e. The van der Waals surface area contributed by atoms with Crippen LogP contribution in [-0.2, 0) is 4.74 Å². The number of piperidine rings is 1. The molecule has 3 rings (SSSR count). The van der Waals surface area contributed by atoms with Crippen LogP contribution >= 0.6 is 0 Å². The number of benzene rings is 1. The number of hydrogen-bond acceptors (Lipinski definition) is 2. The summed E-state index contributed by atoms with van der Waals surface area (Å²) in [6, 6.07) is 10.4. The van der Waals surface area contributed by atoms with Gasteiger partial charge < -0.3 is 9.64 Å². The number of rotatable bonds is 2. The van der Waals surface area contributed by atoms with Crippen LogP contribution in [0.2, 0.25) is 0 Å². The molecule has 4 nitrogen and oxygen atoms in total. The molecule has 0 aliphatic carbocycles. The molecular weight excluding hydrogens is 252 g/mol. The molecule has 0 bridgehead atoms. The highest BCUT2D eigenvalue weighted by atomic mass is 16.6. The van der Waals surface area contributed by atoms with Crippen molar-refractivity contribution < 1.29 is 9.53 Å². The molecule has 107 valence electrons. The summed E-state index contributed by atoms with van der Waals surface area (Å²) in [6.07, 6.45) is 3.56. The Morgan fingerprint density at radius 2 is 1.95 bits per heavy atom. The van der Waals surface area contributed by atoms with Gasteiger partial charge in [0.05, 0.1) is 0 Å². The SMILES string of the molecule is O=C(OC1CC(c2ccccc2)CC[N]1)N1CCCC1. The minimum atomic E-state index is -0.276. The van der Waals surface area contributed by atoms with Crippen molar-refractivity contribution in [2.75, 3.05) is 19.6 Å². The highest BCUT2D eigenvalue weighted by molar-refractivity contribution is 5.68. The van der Waals surface area contributed by atoms with Crippen LogP contribution < -0.4 is 5.32 Å². The molecule has 0 aromatic heterocycles. The van der Waals surface area contributed by atoms with Crippen LogP contribution in [-0.4, -0.2) is 36.9 Å². The van der Waals surface area contributed by atoms with Crippen molar-refractivity contribution in [1.82, 2.24) is 10.2 Å². The van der Waals surface area contributed by atoms with Crippen LogP contribution in [0.4, 0.5) is 4.79 Å². The maximum absolute atomic E-state index is 12.0. The summed E-state index contributed by atoms with van der Waals surface area (Å²) in [5, 5.41) is 4.45. The number of amides is 1. The van der Waals surface area contributed by atoms with E-state index < -0.39 is 0 Å². The van der Waals surface area contributed by atoms with E-state index in [4.69, 9.17) is 4.74 Å². The third-order valence-electron chi connectivity index (χ3n) is 4.17. The fraction of sp³-hybridized carbons (Fsp3) is 0.562. The lowest BCUT2D eigenvalue weighted by molar-refractivity contribution is 0.0318. The van der Waals surface area contributed by atoms with E-state index in [-0.39, 0.29) is 12.3 Å². The summed E-state index contributed by atoms with van der Waals surface area (Å²) >= 11 is 0. The van der Waals surface area contributed by atoms with Crippen molar-refractivity contribution in [3.8, 4) is 0 Å². The van der Waals surface area contributed by atoms with Crippen molar-refractivity contribution >= 4 is 6.09 Å². The molecule has 2 heterocycles. The second-order valence-electron chi connectivity index (χ2n) is 5.57. The molecule has 0 saturated carbocycles. The average molecular weight is 273 g/mol. The second-order valence-corrected chi connectivity index (χ2v) is 5.57. The van der Waals surface area contributed by atoms with E-state index in [1.54, 1.807) is 4.90 Å². The first-order chi connectivity index (χ1) is 9.83. The van der Waals surface area contributed by atoms with Crippen molar-refractivity contribution in [3.05, 3.63) is 35.9 Å². The van der Waals surface area contributed by atoms with Gasteiger partial charge in [0, 0.05) is 26.1 Å². The summed E-state index contributed by atoms with van der Waals surface area (Å²) in [4.78, 5) is 13.8. The fourth-order valence-corrected chi connectivity index (χ4v) is 3.01. The van der Waals surface area contributed by atoms with Gasteiger partial charge in [0.2, 0.25) is 0 Å². The van der Waals surface area contributed by atoms with Gasteiger partial charge in [-0.3, -0.25) is 0 Å². The Morgan fingerprint density at radius 1 is 1.20 bits per heavy atom. The van der Waals surface area contributed by atoms with Crippen LogP contribution in [0, 0.1) is 0 Å². The Labute approximate surface area is 120 Å². The summed E-state index contributed by atoms with van der Waals surface area (Å²) in [7, 11) is 0. The highest BCUT2D eigenvalue weighted by Crippen LogP contribution is 2.28. The number of ether oxygens (including phenoxy) is 1. The summed E-state index contributed by atoms with van der Waals surface area (Å²) < 4.78 is 5.55. The average Bonchev–Trinajstić information content (AvgIpc) is 3.03. The molecule has 2 fully saturated rings. The molecule has 1 aromatic carbocycles. The normalized spacial score (nSPS) is 26.5. The number of carbonyl (C=O) groups excluding carboxylic acids is 1. The molecule has 2 aliphatic rings. The second kappa shape index (κ2) is 6.27.